The average Bonchev–Trinajstić information content (AvgIpc) is 3.31. The number of aromatic nitrogens is 3. The number of carbonyl (C=O) groups excluding carboxylic acids is 2. The summed E-state index contributed by atoms with van der Waals surface area (Å²) in [6.07, 6.45) is 4.10. The van der Waals surface area contributed by atoms with Crippen molar-refractivity contribution >= 4 is 23.4 Å². The van der Waals surface area contributed by atoms with Gasteiger partial charge in [-0.3, -0.25) is 9.59 Å². The topological polar surface area (TPSA) is 88.9 Å². The molecule has 142 valence electrons. The summed E-state index contributed by atoms with van der Waals surface area (Å²) >= 11 is 5.89. The summed E-state index contributed by atoms with van der Waals surface area (Å²) in [7, 11) is 0. The van der Waals surface area contributed by atoms with Gasteiger partial charge in [0.1, 0.15) is 11.9 Å². The predicted octanol–water partition coefficient (Wildman–Crippen LogP) is 1.80. The molecule has 1 aliphatic carbocycles. The maximum atomic E-state index is 12.7. The van der Waals surface area contributed by atoms with Crippen molar-refractivity contribution in [2.75, 3.05) is 6.54 Å². The molecule has 8 heteroatoms. The van der Waals surface area contributed by atoms with E-state index in [-0.39, 0.29) is 23.8 Å². The minimum atomic E-state index is -0.312. The molecule has 0 bridgehead atoms. The molecular formula is C19H22ClN5O2. The van der Waals surface area contributed by atoms with Crippen molar-refractivity contribution in [2.45, 2.75) is 44.7 Å². The molecule has 2 N–H and O–H groups in total. The predicted molar refractivity (Wildman–Crippen MR) is 100 cm³/mol. The third-order valence-corrected chi connectivity index (χ3v) is 5.34. The SMILES string of the molecule is O=C(NCc1nnc2n1C(C(=O)NCCc1ccc(Cl)cc1)CC2)C1CC1. The highest BCUT2D eigenvalue weighted by Crippen LogP contribution is 2.29. The van der Waals surface area contributed by atoms with E-state index >= 15 is 0 Å². The first-order chi connectivity index (χ1) is 13.1. The number of carbonyl (C=O) groups is 2. The molecule has 7 nitrogen and oxygen atoms in total. The van der Waals surface area contributed by atoms with Crippen LogP contribution in [0, 0.1) is 5.92 Å². The van der Waals surface area contributed by atoms with E-state index in [9.17, 15) is 9.59 Å². The van der Waals surface area contributed by atoms with Gasteiger partial charge in [0.15, 0.2) is 5.82 Å². The number of amides is 2. The molecule has 1 atom stereocenters. The molecule has 2 heterocycles. The normalized spacial score (nSPS) is 18.2. The number of fused-ring (bicyclic) bond motifs is 1. The Balaban J connectivity index is 1.33. The van der Waals surface area contributed by atoms with Crippen LogP contribution in [0.3, 0.4) is 0 Å². The Labute approximate surface area is 162 Å². The van der Waals surface area contributed by atoms with Crippen molar-refractivity contribution in [3.05, 3.63) is 46.5 Å². The Bertz CT molecular complexity index is 844. The van der Waals surface area contributed by atoms with Crippen LogP contribution in [-0.4, -0.2) is 33.1 Å². The standard InChI is InChI=1S/C19H22ClN5O2/c20-14-5-1-12(2-6-14)9-10-21-19(27)15-7-8-16-23-24-17(25(15)16)11-22-18(26)13-3-4-13/h1-2,5-6,13,15H,3-4,7-11H2,(H,21,27)(H,22,26). The number of hydrogen-bond acceptors (Lipinski definition) is 4. The average molecular weight is 388 g/mol. The second-order valence-electron chi connectivity index (χ2n) is 7.12. The minimum Gasteiger partial charge on any atom is -0.354 e. The Hall–Kier alpha value is -2.41. The van der Waals surface area contributed by atoms with E-state index in [2.05, 4.69) is 20.8 Å². The lowest BCUT2D eigenvalue weighted by molar-refractivity contribution is -0.124. The van der Waals surface area contributed by atoms with Crippen LogP contribution < -0.4 is 10.6 Å². The van der Waals surface area contributed by atoms with E-state index in [4.69, 9.17) is 11.6 Å². The Morgan fingerprint density at radius 2 is 1.85 bits per heavy atom. The molecule has 27 heavy (non-hydrogen) atoms. The summed E-state index contributed by atoms with van der Waals surface area (Å²) in [6.45, 7) is 0.874. The molecule has 1 unspecified atom stereocenters. The van der Waals surface area contributed by atoms with E-state index in [0.29, 0.717) is 30.4 Å². The van der Waals surface area contributed by atoms with E-state index in [1.165, 1.54) is 0 Å². The van der Waals surface area contributed by atoms with Gasteiger partial charge < -0.3 is 15.2 Å². The number of nitrogens with zero attached hydrogens (tertiary/aromatic N) is 3. The monoisotopic (exact) mass is 387 g/mol. The van der Waals surface area contributed by atoms with Crippen LogP contribution in [0.15, 0.2) is 24.3 Å². The third kappa shape index (κ3) is 4.13. The number of hydrogen-bond donors (Lipinski definition) is 2. The highest BCUT2D eigenvalue weighted by Gasteiger charge is 2.33. The molecule has 1 saturated carbocycles. The Kier molecular flexibility index (Phi) is 5.11. The van der Waals surface area contributed by atoms with Crippen molar-refractivity contribution in [1.82, 2.24) is 25.4 Å². The maximum absolute atomic E-state index is 12.7. The second kappa shape index (κ2) is 7.68. The molecule has 0 spiro atoms. The van der Waals surface area contributed by atoms with Crippen molar-refractivity contribution in [3.8, 4) is 0 Å². The molecule has 2 amide bonds. The summed E-state index contributed by atoms with van der Waals surface area (Å²) in [5.41, 5.74) is 1.12. The number of rotatable bonds is 7. The van der Waals surface area contributed by atoms with Gasteiger partial charge in [0.05, 0.1) is 6.54 Å². The van der Waals surface area contributed by atoms with Gasteiger partial charge in [0, 0.05) is 23.9 Å². The van der Waals surface area contributed by atoms with Gasteiger partial charge in [-0.25, -0.2) is 0 Å². The van der Waals surface area contributed by atoms with Crippen LogP contribution in [0.4, 0.5) is 0 Å². The van der Waals surface area contributed by atoms with E-state index in [1.54, 1.807) is 0 Å². The van der Waals surface area contributed by atoms with Gasteiger partial charge in [-0.15, -0.1) is 10.2 Å². The summed E-state index contributed by atoms with van der Waals surface area (Å²) in [5.74, 6) is 1.64. The number of halogens is 1. The first-order valence-electron chi connectivity index (χ1n) is 9.34. The second-order valence-corrected chi connectivity index (χ2v) is 7.55. The molecule has 4 rings (SSSR count). The lowest BCUT2D eigenvalue weighted by atomic mass is 10.1. The van der Waals surface area contributed by atoms with Crippen molar-refractivity contribution in [2.24, 2.45) is 5.92 Å². The van der Waals surface area contributed by atoms with Gasteiger partial charge in [-0.2, -0.15) is 0 Å². The number of nitrogens with one attached hydrogen (secondary N) is 2. The Morgan fingerprint density at radius 3 is 2.59 bits per heavy atom. The summed E-state index contributed by atoms with van der Waals surface area (Å²) in [5, 5.41) is 14.9. The largest absolute Gasteiger partial charge is 0.354 e. The highest BCUT2D eigenvalue weighted by molar-refractivity contribution is 6.30. The zero-order chi connectivity index (χ0) is 18.8. The summed E-state index contributed by atoms with van der Waals surface area (Å²) in [4.78, 5) is 24.5. The molecule has 2 aromatic rings. The van der Waals surface area contributed by atoms with Crippen LogP contribution in [0.5, 0.6) is 0 Å². The molecule has 0 radical (unpaired) electrons. The molecule has 1 aromatic heterocycles. The number of benzene rings is 1. The molecule has 1 aliphatic heterocycles. The molecular weight excluding hydrogens is 366 g/mol. The summed E-state index contributed by atoms with van der Waals surface area (Å²) < 4.78 is 1.88. The molecule has 2 aliphatic rings. The van der Waals surface area contributed by atoms with Gasteiger partial charge in [-0.1, -0.05) is 23.7 Å². The first-order valence-corrected chi connectivity index (χ1v) is 9.72. The van der Waals surface area contributed by atoms with Crippen LogP contribution in [-0.2, 0) is 29.0 Å². The summed E-state index contributed by atoms with van der Waals surface area (Å²) in [6, 6.07) is 7.31. The van der Waals surface area contributed by atoms with E-state index in [1.807, 2.05) is 28.8 Å². The molecule has 1 fully saturated rings. The Morgan fingerprint density at radius 1 is 1.07 bits per heavy atom. The first kappa shape index (κ1) is 18.0. The van der Waals surface area contributed by atoms with Gasteiger partial charge in [0.2, 0.25) is 11.8 Å². The van der Waals surface area contributed by atoms with Gasteiger partial charge in [0.25, 0.3) is 0 Å². The van der Waals surface area contributed by atoms with Crippen molar-refractivity contribution in [1.29, 1.82) is 0 Å². The van der Waals surface area contributed by atoms with Gasteiger partial charge >= 0.3 is 0 Å². The lowest BCUT2D eigenvalue weighted by Crippen LogP contribution is -2.34. The van der Waals surface area contributed by atoms with E-state index in [0.717, 1.165) is 37.1 Å². The fourth-order valence-corrected chi connectivity index (χ4v) is 3.54. The quantitative estimate of drug-likeness (QED) is 0.758. The lowest BCUT2D eigenvalue weighted by Gasteiger charge is -2.15. The fraction of sp³-hybridized carbons (Fsp3) is 0.474. The minimum absolute atomic E-state index is 0.0303. The van der Waals surface area contributed by atoms with E-state index < -0.39 is 0 Å². The van der Waals surface area contributed by atoms with Crippen LogP contribution >= 0.6 is 11.6 Å². The number of aryl methyl sites for hydroxylation is 1. The van der Waals surface area contributed by atoms with Crippen molar-refractivity contribution in [3.63, 3.8) is 0 Å². The molecule has 0 saturated heterocycles. The van der Waals surface area contributed by atoms with Gasteiger partial charge in [-0.05, 0) is 43.4 Å². The third-order valence-electron chi connectivity index (χ3n) is 5.09. The molecule has 1 aromatic carbocycles. The van der Waals surface area contributed by atoms with Crippen LogP contribution in [0.2, 0.25) is 5.02 Å². The highest BCUT2D eigenvalue weighted by atomic mass is 35.5. The van der Waals surface area contributed by atoms with Crippen LogP contribution in [0.1, 0.15) is 42.5 Å². The zero-order valence-corrected chi connectivity index (χ0v) is 15.7. The van der Waals surface area contributed by atoms with Crippen molar-refractivity contribution < 1.29 is 9.59 Å². The maximum Gasteiger partial charge on any atom is 0.243 e. The zero-order valence-electron chi connectivity index (χ0n) is 14.9. The fourth-order valence-electron chi connectivity index (χ4n) is 3.41. The smallest absolute Gasteiger partial charge is 0.243 e. The van der Waals surface area contributed by atoms with Crippen LogP contribution in [0.25, 0.3) is 0 Å².